The second-order valence-electron chi connectivity index (χ2n) is 8.76. The van der Waals surface area contributed by atoms with E-state index in [0.717, 1.165) is 39.3 Å². The number of nitrogens with zero attached hydrogens (tertiary/aromatic N) is 2. The van der Waals surface area contributed by atoms with E-state index in [-0.39, 0.29) is 11.8 Å². The summed E-state index contributed by atoms with van der Waals surface area (Å²) in [7, 11) is 1.68. The number of hydrogen-bond donors (Lipinski definition) is 3. The molecule has 1 fully saturated rings. The molecule has 0 aliphatic carbocycles. The van der Waals surface area contributed by atoms with Crippen molar-refractivity contribution in [3.05, 3.63) is 66.2 Å². The van der Waals surface area contributed by atoms with Crippen LogP contribution in [0.3, 0.4) is 0 Å². The average Bonchev–Trinajstić information content (AvgIpc) is 3.59. The van der Waals surface area contributed by atoms with E-state index in [0.29, 0.717) is 37.8 Å². The minimum Gasteiger partial charge on any atom is -0.453 e. The predicted octanol–water partition coefficient (Wildman–Crippen LogP) is 4.94. The summed E-state index contributed by atoms with van der Waals surface area (Å²) in [6.07, 6.45) is 4.23. The van der Waals surface area contributed by atoms with Crippen molar-refractivity contribution in [3.63, 3.8) is 0 Å². The first-order valence-electron chi connectivity index (χ1n) is 12.3. The van der Waals surface area contributed by atoms with E-state index >= 15 is 0 Å². The molecule has 2 amide bonds. The van der Waals surface area contributed by atoms with Crippen LogP contribution in [0, 0.1) is 5.82 Å². The number of anilines is 1. The van der Waals surface area contributed by atoms with Crippen LogP contribution in [-0.2, 0) is 16.0 Å². The third-order valence-corrected chi connectivity index (χ3v) is 7.10. The maximum Gasteiger partial charge on any atom is 0.319 e. The van der Waals surface area contributed by atoms with Gasteiger partial charge in [-0.05, 0) is 36.2 Å². The molecule has 38 heavy (non-hydrogen) atoms. The van der Waals surface area contributed by atoms with Crippen LogP contribution in [0.15, 0.2) is 54.9 Å². The van der Waals surface area contributed by atoms with Gasteiger partial charge in [0.25, 0.3) is 0 Å². The Morgan fingerprint density at radius 1 is 1.18 bits per heavy atom. The Hall–Kier alpha value is -3.64. The molecular weight excluding hydrogens is 509 g/mol. The third kappa shape index (κ3) is 6.43. The minimum absolute atomic E-state index is 0.0385. The summed E-state index contributed by atoms with van der Waals surface area (Å²) in [5.74, 6) is -0.0556. The Kier molecular flexibility index (Phi) is 8.39. The van der Waals surface area contributed by atoms with Gasteiger partial charge in [-0.2, -0.15) is 0 Å². The van der Waals surface area contributed by atoms with E-state index in [2.05, 4.69) is 25.9 Å². The smallest absolute Gasteiger partial charge is 0.319 e. The molecule has 3 N–H and O–H groups in total. The summed E-state index contributed by atoms with van der Waals surface area (Å²) < 4.78 is 31.9. The molecule has 0 unspecified atom stereocenters. The fourth-order valence-corrected chi connectivity index (χ4v) is 5.03. The first-order chi connectivity index (χ1) is 18.6. The van der Waals surface area contributed by atoms with E-state index in [9.17, 15) is 9.18 Å². The highest BCUT2D eigenvalue weighted by molar-refractivity contribution is 7.22. The van der Waals surface area contributed by atoms with Crippen LogP contribution in [0.25, 0.3) is 20.8 Å². The minimum atomic E-state index is -0.592. The summed E-state index contributed by atoms with van der Waals surface area (Å²) in [6.45, 7) is 3.24. The van der Waals surface area contributed by atoms with Crippen molar-refractivity contribution in [2.24, 2.45) is 0 Å². The monoisotopic (exact) mass is 537 g/mol. The molecule has 0 bridgehead atoms. The highest BCUT2D eigenvalue weighted by Crippen LogP contribution is 2.39. The van der Waals surface area contributed by atoms with Gasteiger partial charge < -0.3 is 30.2 Å². The van der Waals surface area contributed by atoms with Gasteiger partial charge in [-0.3, -0.25) is 9.97 Å². The number of benzene rings is 1. The number of rotatable bonds is 10. The summed E-state index contributed by atoms with van der Waals surface area (Å²) in [6, 6.07) is 11.5. The van der Waals surface area contributed by atoms with E-state index in [1.807, 2.05) is 24.4 Å². The van der Waals surface area contributed by atoms with Crippen molar-refractivity contribution in [1.82, 2.24) is 20.6 Å². The number of halogens is 1. The number of ether oxygens (including phenoxy) is 3. The van der Waals surface area contributed by atoms with Gasteiger partial charge in [0.1, 0.15) is 5.75 Å². The quantitative estimate of drug-likeness (QED) is 0.246. The Bertz CT molecular complexity index is 1390. The maximum absolute atomic E-state index is 14.9. The molecule has 4 heterocycles. The Morgan fingerprint density at radius 3 is 2.87 bits per heavy atom. The van der Waals surface area contributed by atoms with Gasteiger partial charge in [-0.15, -0.1) is 11.3 Å². The number of pyridine rings is 2. The number of aromatic nitrogens is 2. The number of urea groups is 1. The highest BCUT2D eigenvalue weighted by Gasteiger charge is 2.18. The van der Waals surface area contributed by atoms with Gasteiger partial charge in [0.15, 0.2) is 11.6 Å². The van der Waals surface area contributed by atoms with Gasteiger partial charge in [-0.25, -0.2) is 9.18 Å². The molecule has 0 saturated carbocycles. The highest BCUT2D eigenvalue weighted by atomic mass is 32.1. The van der Waals surface area contributed by atoms with Gasteiger partial charge in [0.05, 0.1) is 40.0 Å². The lowest BCUT2D eigenvalue weighted by Gasteiger charge is -2.13. The molecule has 0 radical (unpaired) electrons. The fraction of sp³-hybridized carbons (Fsp3) is 0.296. The maximum atomic E-state index is 14.9. The zero-order chi connectivity index (χ0) is 26.3. The normalized spacial score (nSPS) is 15.1. The zero-order valence-corrected chi connectivity index (χ0v) is 21.6. The van der Waals surface area contributed by atoms with Crippen molar-refractivity contribution in [1.29, 1.82) is 0 Å². The van der Waals surface area contributed by atoms with Crippen LogP contribution in [0.2, 0.25) is 0 Å². The summed E-state index contributed by atoms with van der Waals surface area (Å²) in [5, 5.41) is 8.75. The summed E-state index contributed by atoms with van der Waals surface area (Å²) in [5.41, 5.74) is 2.96. The van der Waals surface area contributed by atoms with E-state index in [1.54, 1.807) is 25.4 Å². The molecule has 11 heteroatoms. The number of thiophene rings is 1. The molecule has 1 atom stereocenters. The van der Waals surface area contributed by atoms with Crippen LogP contribution < -0.4 is 20.7 Å². The molecule has 3 aromatic heterocycles. The molecule has 0 spiro atoms. The lowest BCUT2D eigenvalue weighted by Crippen LogP contribution is -2.38. The van der Waals surface area contributed by atoms with Crippen molar-refractivity contribution >= 4 is 33.3 Å². The molecule has 1 aliphatic heterocycles. The van der Waals surface area contributed by atoms with Crippen LogP contribution in [0.4, 0.5) is 14.9 Å². The Labute approximate surface area is 223 Å². The van der Waals surface area contributed by atoms with Gasteiger partial charge in [-0.1, -0.05) is 6.07 Å². The molecule has 1 aliphatic rings. The van der Waals surface area contributed by atoms with Crippen molar-refractivity contribution in [3.8, 4) is 22.1 Å². The lowest BCUT2D eigenvalue weighted by atomic mass is 10.2. The van der Waals surface area contributed by atoms with Crippen LogP contribution >= 0.6 is 11.3 Å². The molecule has 198 valence electrons. The first kappa shape index (κ1) is 26.0. The average molecular weight is 538 g/mol. The Morgan fingerprint density at radius 2 is 2.11 bits per heavy atom. The number of amides is 2. The third-order valence-electron chi connectivity index (χ3n) is 5.94. The summed E-state index contributed by atoms with van der Waals surface area (Å²) >= 11 is 1.48. The standard InChI is InChI=1S/C27H28FN5O4S/c1-35-11-9-29-14-17-2-4-21(31-15-17)25-13-22-26(38-25)24(6-8-30-22)37-23-5-3-18(12-20(23)28)32-27(34)33-19-7-10-36-16-19/h2-6,8,12-13,15,19,29H,7,9-11,14,16H2,1H3,(H2,32,33,34)/t19-/m0/s1. The summed E-state index contributed by atoms with van der Waals surface area (Å²) in [4.78, 5) is 22.1. The zero-order valence-electron chi connectivity index (χ0n) is 20.8. The first-order valence-corrected chi connectivity index (χ1v) is 13.1. The molecule has 4 aromatic rings. The number of carbonyl (C=O) groups is 1. The second-order valence-corrected chi connectivity index (χ2v) is 9.81. The van der Waals surface area contributed by atoms with Crippen LogP contribution in [-0.4, -0.2) is 55.5 Å². The largest absolute Gasteiger partial charge is 0.453 e. The van der Waals surface area contributed by atoms with Crippen LogP contribution in [0.5, 0.6) is 11.5 Å². The Balaban J connectivity index is 1.26. The number of fused-ring (bicyclic) bond motifs is 1. The molecule has 1 aromatic carbocycles. The van der Waals surface area contributed by atoms with E-state index in [4.69, 9.17) is 14.2 Å². The topological polar surface area (TPSA) is 107 Å². The lowest BCUT2D eigenvalue weighted by molar-refractivity contribution is 0.189. The number of nitrogens with one attached hydrogen (secondary N) is 3. The number of methoxy groups -OCH3 is 1. The van der Waals surface area contributed by atoms with Crippen LogP contribution in [0.1, 0.15) is 12.0 Å². The van der Waals surface area contributed by atoms with E-state index < -0.39 is 11.8 Å². The van der Waals surface area contributed by atoms with Gasteiger partial charge in [0.2, 0.25) is 0 Å². The molecule has 1 saturated heterocycles. The molecule has 9 nitrogen and oxygen atoms in total. The number of carbonyl (C=O) groups excluding carboxylic acids is 1. The van der Waals surface area contributed by atoms with Gasteiger partial charge >= 0.3 is 6.03 Å². The van der Waals surface area contributed by atoms with Crippen molar-refractivity contribution in [2.45, 2.75) is 19.0 Å². The number of hydrogen-bond acceptors (Lipinski definition) is 8. The van der Waals surface area contributed by atoms with Crippen molar-refractivity contribution in [2.75, 3.05) is 38.8 Å². The molecule has 5 rings (SSSR count). The SMILES string of the molecule is COCCNCc1ccc(-c2cc3nccc(Oc4ccc(NC(=O)N[C@H]5CCOC5)cc4F)c3s2)nc1. The molecular formula is C27H28FN5O4S. The van der Waals surface area contributed by atoms with E-state index in [1.165, 1.54) is 23.5 Å². The second kappa shape index (κ2) is 12.3. The van der Waals surface area contributed by atoms with Crippen molar-refractivity contribution < 1.29 is 23.4 Å². The predicted molar refractivity (Wildman–Crippen MR) is 144 cm³/mol. The fourth-order valence-electron chi connectivity index (χ4n) is 3.98. The van der Waals surface area contributed by atoms with Gasteiger partial charge in [0, 0.05) is 57.0 Å².